The van der Waals surface area contributed by atoms with Crippen LogP contribution in [-0.2, 0) is 14.3 Å². The van der Waals surface area contributed by atoms with Gasteiger partial charge < -0.3 is 15.0 Å². The number of nitrogens with zero attached hydrogens (tertiary/aromatic N) is 1. The molecule has 1 N–H and O–H groups in total. The number of esters is 1. The van der Waals surface area contributed by atoms with E-state index in [0.717, 1.165) is 0 Å². The molecule has 114 valence electrons. The van der Waals surface area contributed by atoms with Crippen molar-refractivity contribution in [1.82, 2.24) is 10.2 Å². The maximum Gasteiger partial charge on any atom is 0.325 e. The second-order valence-corrected chi connectivity index (χ2v) is 5.07. The van der Waals surface area contributed by atoms with Crippen molar-refractivity contribution in [1.29, 1.82) is 0 Å². The van der Waals surface area contributed by atoms with E-state index in [4.69, 9.17) is 4.74 Å². The van der Waals surface area contributed by atoms with Crippen LogP contribution in [0.4, 0.5) is 0 Å². The van der Waals surface area contributed by atoms with E-state index in [2.05, 4.69) is 21.2 Å². The highest BCUT2D eigenvalue weighted by Crippen LogP contribution is 2.15. The highest BCUT2D eigenvalue weighted by atomic mass is 79.9. The molecule has 0 bridgehead atoms. The second-order valence-electron chi connectivity index (χ2n) is 4.22. The van der Waals surface area contributed by atoms with Crippen molar-refractivity contribution in [3.8, 4) is 0 Å². The third-order valence-electron chi connectivity index (χ3n) is 2.62. The van der Waals surface area contributed by atoms with Crippen molar-refractivity contribution in [2.75, 3.05) is 26.7 Å². The Hall–Kier alpha value is -1.89. The summed E-state index contributed by atoms with van der Waals surface area (Å²) in [7, 11) is 1.48. The van der Waals surface area contributed by atoms with Crippen LogP contribution in [0.5, 0.6) is 0 Å². The zero-order valence-corrected chi connectivity index (χ0v) is 13.5. The van der Waals surface area contributed by atoms with Gasteiger partial charge in [0.05, 0.1) is 18.7 Å². The molecule has 0 atom stereocenters. The number of likely N-dealkylation sites (N-methyl/N-ethyl adjacent to an activating group) is 1. The van der Waals surface area contributed by atoms with Gasteiger partial charge in [0.1, 0.15) is 6.54 Å². The minimum atomic E-state index is -0.481. The first-order valence-corrected chi connectivity index (χ1v) is 7.17. The van der Waals surface area contributed by atoms with E-state index < -0.39 is 5.97 Å². The standard InChI is InChI=1S/C14H17BrN2O4/c1-3-21-13(19)9-17(2)12(18)8-16-14(20)10-6-4-5-7-11(10)15/h4-7H,3,8-9H2,1-2H3,(H,16,20). The van der Waals surface area contributed by atoms with Gasteiger partial charge in [-0.3, -0.25) is 14.4 Å². The topological polar surface area (TPSA) is 75.7 Å². The van der Waals surface area contributed by atoms with Crippen LogP contribution in [0, 0.1) is 0 Å². The Morgan fingerprint density at radius 1 is 1.29 bits per heavy atom. The molecule has 2 amide bonds. The van der Waals surface area contributed by atoms with Crippen LogP contribution in [0.1, 0.15) is 17.3 Å². The highest BCUT2D eigenvalue weighted by Gasteiger charge is 2.15. The largest absolute Gasteiger partial charge is 0.465 e. The Balaban J connectivity index is 2.47. The van der Waals surface area contributed by atoms with E-state index in [1.54, 1.807) is 31.2 Å². The average Bonchev–Trinajstić information content (AvgIpc) is 2.45. The lowest BCUT2D eigenvalue weighted by atomic mass is 10.2. The van der Waals surface area contributed by atoms with E-state index in [-0.39, 0.29) is 31.5 Å². The lowest BCUT2D eigenvalue weighted by Gasteiger charge is -2.16. The SMILES string of the molecule is CCOC(=O)CN(C)C(=O)CNC(=O)c1ccccc1Br. The fourth-order valence-corrected chi connectivity index (χ4v) is 1.98. The van der Waals surface area contributed by atoms with Gasteiger partial charge >= 0.3 is 5.97 Å². The maximum absolute atomic E-state index is 11.9. The van der Waals surface area contributed by atoms with Crippen molar-refractivity contribution < 1.29 is 19.1 Å². The summed E-state index contributed by atoms with van der Waals surface area (Å²) in [5.41, 5.74) is 0.443. The van der Waals surface area contributed by atoms with Crippen molar-refractivity contribution in [3.63, 3.8) is 0 Å². The van der Waals surface area contributed by atoms with Gasteiger partial charge in [-0.15, -0.1) is 0 Å². The summed E-state index contributed by atoms with van der Waals surface area (Å²) in [5.74, 6) is -1.21. The fraction of sp³-hybridized carbons (Fsp3) is 0.357. The number of amides is 2. The Labute approximate surface area is 131 Å². The first-order chi connectivity index (χ1) is 9.95. The lowest BCUT2D eigenvalue weighted by Crippen LogP contribution is -2.40. The molecule has 1 aromatic rings. The van der Waals surface area contributed by atoms with E-state index in [9.17, 15) is 14.4 Å². The van der Waals surface area contributed by atoms with E-state index >= 15 is 0 Å². The van der Waals surface area contributed by atoms with E-state index in [1.807, 2.05) is 0 Å². The van der Waals surface area contributed by atoms with Crippen LogP contribution in [0.15, 0.2) is 28.7 Å². The maximum atomic E-state index is 11.9. The molecule has 0 aliphatic carbocycles. The summed E-state index contributed by atoms with van der Waals surface area (Å²) in [4.78, 5) is 36.2. The second kappa shape index (κ2) is 8.41. The quantitative estimate of drug-likeness (QED) is 0.777. The third-order valence-corrected chi connectivity index (χ3v) is 3.31. The zero-order valence-electron chi connectivity index (χ0n) is 11.9. The molecule has 6 nitrogen and oxygen atoms in total. The van der Waals surface area contributed by atoms with Crippen LogP contribution in [0.2, 0.25) is 0 Å². The van der Waals surface area contributed by atoms with Crippen molar-refractivity contribution >= 4 is 33.7 Å². The molecule has 1 rings (SSSR count). The summed E-state index contributed by atoms with van der Waals surface area (Å²) < 4.78 is 5.39. The van der Waals surface area contributed by atoms with Gasteiger partial charge in [-0.1, -0.05) is 12.1 Å². The predicted molar refractivity (Wildman–Crippen MR) is 80.7 cm³/mol. The predicted octanol–water partition coefficient (Wildman–Crippen LogP) is 1.20. The van der Waals surface area contributed by atoms with Crippen LogP contribution >= 0.6 is 15.9 Å². The highest BCUT2D eigenvalue weighted by molar-refractivity contribution is 9.10. The molecule has 0 saturated heterocycles. The number of nitrogens with one attached hydrogen (secondary N) is 1. The summed E-state index contributed by atoms with van der Waals surface area (Å²) in [5, 5.41) is 2.51. The molecule has 0 saturated carbocycles. The summed E-state index contributed by atoms with van der Waals surface area (Å²) in [6.45, 7) is 1.63. The fourth-order valence-electron chi connectivity index (χ4n) is 1.52. The molecule has 0 fully saturated rings. The van der Waals surface area contributed by atoms with Crippen LogP contribution in [0.25, 0.3) is 0 Å². The van der Waals surface area contributed by atoms with Gasteiger partial charge in [-0.2, -0.15) is 0 Å². The molecule has 0 unspecified atom stereocenters. The number of hydrogen-bond donors (Lipinski definition) is 1. The van der Waals surface area contributed by atoms with Gasteiger partial charge in [-0.05, 0) is 35.0 Å². The normalized spacial score (nSPS) is 9.86. The molecule has 0 aliphatic rings. The van der Waals surface area contributed by atoms with Crippen molar-refractivity contribution in [2.24, 2.45) is 0 Å². The van der Waals surface area contributed by atoms with Crippen LogP contribution in [0.3, 0.4) is 0 Å². The first-order valence-electron chi connectivity index (χ1n) is 6.38. The summed E-state index contributed by atoms with van der Waals surface area (Å²) in [6.07, 6.45) is 0. The number of ether oxygens (including phenoxy) is 1. The van der Waals surface area contributed by atoms with E-state index in [1.165, 1.54) is 11.9 Å². The first kappa shape index (κ1) is 17.2. The third kappa shape index (κ3) is 5.55. The van der Waals surface area contributed by atoms with Crippen LogP contribution < -0.4 is 5.32 Å². The van der Waals surface area contributed by atoms with Gasteiger partial charge in [0, 0.05) is 11.5 Å². The van der Waals surface area contributed by atoms with Gasteiger partial charge in [0.15, 0.2) is 0 Å². The number of hydrogen-bond acceptors (Lipinski definition) is 4. The molecular formula is C14H17BrN2O4. The van der Waals surface area contributed by atoms with Crippen LogP contribution in [-0.4, -0.2) is 49.4 Å². The Kier molecular flexibility index (Phi) is 6.87. The number of carbonyl (C=O) groups excluding carboxylic acids is 3. The van der Waals surface area contributed by atoms with Crippen molar-refractivity contribution in [3.05, 3.63) is 34.3 Å². The lowest BCUT2D eigenvalue weighted by molar-refractivity contribution is -0.147. The van der Waals surface area contributed by atoms with E-state index in [0.29, 0.717) is 10.0 Å². The molecule has 0 aliphatic heterocycles. The minimum absolute atomic E-state index is 0.141. The number of rotatable bonds is 6. The summed E-state index contributed by atoms with van der Waals surface area (Å²) in [6, 6.07) is 6.91. The molecule has 0 spiro atoms. The monoisotopic (exact) mass is 356 g/mol. The van der Waals surface area contributed by atoms with Gasteiger partial charge in [0.2, 0.25) is 5.91 Å². The number of benzene rings is 1. The number of halogens is 1. The molecule has 0 aromatic heterocycles. The molecule has 7 heteroatoms. The Morgan fingerprint density at radius 2 is 1.95 bits per heavy atom. The Bertz CT molecular complexity index is 533. The van der Waals surface area contributed by atoms with Gasteiger partial charge in [-0.25, -0.2) is 0 Å². The Morgan fingerprint density at radius 3 is 2.57 bits per heavy atom. The smallest absolute Gasteiger partial charge is 0.325 e. The summed E-state index contributed by atoms with van der Waals surface area (Å²) >= 11 is 3.27. The molecule has 0 radical (unpaired) electrons. The zero-order chi connectivity index (χ0) is 15.8. The molecular weight excluding hydrogens is 340 g/mol. The van der Waals surface area contributed by atoms with Crippen molar-refractivity contribution in [2.45, 2.75) is 6.92 Å². The molecule has 21 heavy (non-hydrogen) atoms. The average molecular weight is 357 g/mol. The molecule has 1 aromatic carbocycles. The minimum Gasteiger partial charge on any atom is -0.465 e. The molecule has 0 heterocycles. The number of carbonyl (C=O) groups is 3. The van der Waals surface area contributed by atoms with Gasteiger partial charge in [0.25, 0.3) is 5.91 Å².